The highest BCUT2D eigenvalue weighted by atomic mass is 35.5. The molecule has 0 aliphatic carbocycles. The molecule has 22 heavy (non-hydrogen) atoms. The summed E-state index contributed by atoms with van der Waals surface area (Å²) in [6.45, 7) is 2.36. The first kappa shape index (κ1) is 14.5. The molecule has 3 aromatic rings. The fourth-order valence-corrected chi connectivity index (χ4v) is 2.46. The minimum atomic E-state index is -0.216. The van der Waals surface area contributed by atoms with Crippen molar-refractivity contribution in [3.05, 3.63) is 57.7 Å². The van der Waals surface area contributed by atoms with E-state index in [1.165, 1.54) is 12.1 Å². The van der Waals surface area contributed by atoms with Gasteiger partial charge in [-0.1, -0.05) is 17.7 Å². The Hall–Kier alpha value is -2.46. The number of hydrogen-bond donors (Lipinski definition) is 1. The van der Waals surface area contributed by atoms with E-state index in [1.54, 1.807) is 30.3 Å². The van der Waals surface area contributed by atoms with Gasteiger partial charge in [0.05, 0.1) is 22.6 Å². The molecule has 1 heterocycles. The van der Waals surface area contributed by atoms with Crippen LogP contribution in [-0.4, -0.2) is 11.7 Å². The van der Waals surface area contributed by atoms with Gasteiger partial charge in [-0.2, -0.15) is 0 Å². The van der Waals surface area contributed by atoms with Crippen LogP contribution in [0.4, 0.5) is 0 Å². The Morgan fingerprint density at radius 2 is 2.05 bits per heavy atom. The van der Waals surface area contributed by atoms with Crippen molar-refractivity contribution in [2.24, 2.45) is 0 Å². The molecule has 5 heteroatoms. The van der Waals surface area contributed by atoms with Gasteiger partial charge in [-0.05, 0) is 31.2 Å². The Bertz CT molecular complexity index is 899. The van der Waals surface area contributed by atoms with Gasteiger partial charge in [0.15, 0.2) is 11.0 Å². The third-order valence-corrected chi connectivity index (χ3v) is 3.55. The molecular weight excluding hydrogens is 304 g/mol. The van der Waals surface area contributed by atoms with Crippen LogP contribution >= 0.6 is 11.6 Å². The quantitative estimate of drug-likeness (QED) is 0.786. The molecule has 112 valence electrons. The van der Waals surface area contributed by atoms with Crippen LogP contribution in [-0.2, 0) is 0 Å². The number of phenols is 1. The number of benzene rings is 2. The second-order valence-electron chi connectivity index (χ2n) is 4.70. The lowest BCUT2D eigenvalue weighted by Crippen LogP contribution is -2.00. The van der Waals surface area contributed by atoms with Crippen LogP contribution in [0.2, 0.25) is 5.02 Å². The van der Waals surface area contributed by atoms with Gasteiger partial charge in [0, 0.05) is 12.1 Å². The van der Waals surface area contributed by atoms with Crippen LogP contribution in [0.25, 0.3) is 22.3 Å². The molecule has 0 spiro atoms. The summed E-state index contributed by atoms with van der Waals surface area (Å²) in [5, 5.41) is 10.9. The van der Waals surface area contributed by atoms with E-state index in [0.29, 0.717) is 33.9 Å². The Morgan fingerprint density at radius 1 is 1.23 bits per heavy atom. The van der Waals surface area contributed by atoms with E-state index >= 15 is 0 Å². The zero-order chi connectivity index (χ0) is 15.7. The molecule has 0 radical (unpaired) electrons. The standard InChI is InChI=1S/C17H13ClO4/c1-2-21-10-6-7-11(14(19)8-10)16-9-15(20)12-4-3-5-13(18)17(12)22-16/h3-9,19H,2H2,1H3. The number of halogens is 1. The van der Waals surface area contributed by atoms with E-state index in [4.69, 9.17) is 20.8 Å². The molecule has 1 N–H and O–H groups in total. The average molecular weight is 317 g/mol. The Kier molecular flexibility index (Phi) is 3.77. The lowest BCUT2D eigenvalue weighted by Gasteiger charge is -2.08. The highest BCUT2D eigenvalue weighted by Gasteiger charge is 2.13. The zero-order valence-electron chi connectivity index (χ0n) is 11.8. The van der Waals surface area contributed by atoms with Gasteiger partial charge in [0.2, 0.25) is 0 Å². The van der Waals surface area contributed by atoms with Crippen molar-refractivity contribution in [2.45, 2.75) is 6.92 Å². The van der Waals surface area contributed by atoms with E-state index < -0.39 is 0 Å². The van der Waals surface area contributed by atoms with Crippen molar-refractivity contribution >= 4 is 22.6 Å². The van der Waals surface area contributed by atoms with Gasteiger partial charge in [-0.3, -0.25) is 4.79 Å². The third-order valence-electron chi connectivity index (χ3n) is 3.25. The predicted octanol–water partition coefficient (Wildman–Crippen LogP) is 4.22. The van der Waals surface area contributed by atoms with E-state index in [-0.39, 0.29) is 16.9 Å². The summed E-state index contributed by atoms with van der Waals surface area (Å²) in [7, 11) is 0. The highest BCUT2D eigenvalue weighted by molar-refractivity contribution is 6.34. The van der Waals surface area contributed by atoms with Crippen molar-refractivity contribution in [3.63, 3.8) is 0 Å². The van der Waals surface area contributed by atoms with Gasteiger partial charge in [-0.15, -0.1) is 0 Å². The van der Waals surface area contributed by atoms with Gasteiger partial charge in [0.25, 0.3) is 0 Å². The number of ether oxygens (including phenoxy) is 1. The number of rotatable bonds is 3. The summed E-state index contributed by atoms with van der Waals surface area (Å²) >= 11 is 6.08. The zero-order valence-corrected chi connectivity index (χ0v) is 12.6. The maximum absolute atomic E-state index is 12.2. The van der Waals surface area contributed by atoms with Crippen molar-refractivity contribution in [3.8, 4) is 22.8 Å². The van der Waals surface area contributed by atoms with Crippen molar-refractivity contribution in [1.82, 2.24) is 0 Å². The highest BCUT2D eigenvalue weighted by Crippen LogP contribution is 2.34. The lowest BCUT2D eigenvalue weighted by atomic mass is 10.1. The second kappa shape index (κ2) is 5.73. The summed E-state index contributed by atoms with van der Waals surface area (Å²) in [5.41, 5.74) is 0.495. The van der Waals surface area contributed by atoms with Gasteiger partial charge in [0.1, 0.15) is 17.3 Å². The number of hydrogen-bond acceptors (Lipinski definition) is 4. The topological polar surface area (TPSA) is 59.7 Å². The van der Waals surface area contributed by atoms with E-state index in [2.05, 4.69) is 0 Å². The molecule has 3 rings (SSSR count). The molecule has 0 bridgehead atoms. The number of phenolic OH excluding ortho intramolecular Hbond substituents is 1. The molecule has 0 amide bonds. The smallest absolute Gasteiger partial charge is 0.193 e. The number of para-hydroxylation sites is 1. The Labute approximate surface area is 131 Å². The van der Waals surface area contributed by atoms with Gasteiger partial charge in [-0.25, -0.2) is 0 Å². The predicted molar refractivity (Wildman–Crippen MR) is 85.8 cm³/mol. The Morgan fingerprint density at radius 3 is 2.77 bits per heavy atom. The normalized spacial score (nSPS) is 10.8. The molecule has 0 atom stereocenters. The molecule has 0 saturated carbocycles. The fourth-order valence-electron chi connectivity index (χ4n) is 2.25. The minimum Gasteiger partial charge on any atom is -0.507 e. The average Bonchev–Trinajstić information content (AvgIpc) is 2.49. The first-order valence-corrected chi connectivity index (χ1v) is 7.16. The molecule has 1 aromatic heterocycles. The SMILES string of the molecule is CCOc1ccc(-c2cc(=O)c3cccc(Cl)c3o2)c(O)c1. The maximum atomic E-state index is 12.2. The van der Waals surface area contributed by atoms with Gasteiger partial charge < -0.3 is 14.3 Å². The number of aromatic hydroxyl groups is 1. The molecule has 0 aliphatic rings. The number of fused-ring (bicyclic) bond motifs is 1. The van der Waals surface area contributed by atoms with Crippen LogP contribution in [0.15, 0.2) is 51.7 Å². The molecule has 0 saturated heterocycles. The van der Waals surface area contributed by atoms with Crippen molar-refractivity contribution < 1.29 is 14.3 Å². The molecule has 2 aromatic carbocycles. The van der Waals surface area contributed by atoms with Crippen LogP contribution < -0.4 is 10.2 Å². The molecule has 0 aliphatic heterocycles. The first-order valence-electron chi connectivity index (χ1n) is 6.78. The van der Waals surface area contributed by atoms with Crippen LogP contribution in [0.3, 0.4) is 0 Å². The largest absolute Gasteiger partial charge is 0.507 e. The fraction of sp³-hybridized carbons (Fsp3) is 0.118. The summed E-state index contributed by atoms with van der Waals surface area (Å²) in [5.74, 6) is 0.775. The van der Waals surface area contributed by atoms with Crippen LogP contribution in [0.5, 0.6) is 11.5 Å². The summed E-state index contributed by atoms with van der Waals surface area (Å²) < 4.78 is 11.0. The van der Waals surface area contributed by atoms with Crippen LogP contribution in [0, 0.1) is 0 Å². The third kappa shape index (κ3) is 2.53. The first-order chi connectivity index (χ1) is 10.6. The second-order valence-corrected chi connectivity index (χ2v) is 5.11. The lowest BCUT2D eigenvalue weighted by molar-refractivity contribution is 0.338. The molecular formula is C17H13ClO4. The monoisotopic (exact) mass is 316 g/mol. The van der Waals surface area contributed by atoms with Crippen molar-refractivity contribution in [2.75, 3.05) is 6.61 Å². The van der Waals surface area contributed by atoms with E-state index in [1.807, 2.05) is 6.92 Å². The van der Waals surface area contributed by atoms with E-state index in [9.17, 15) is 9.90 Å². The summed E-state index contributed by atoms with van der Waals surface area (Å²) in [4.78, 5) is 12.2. The minimum absolute atomic E-state index is 0.0273. The summed E-state index contributed by atoms with van der Waals surface area (Å²) in [6, 6.07) is 11.2. The van der Waals surface area contributed by atoms with E-state index in [0.717, 1.165) is 0 Å². The van der Waals surface area contributed by atoms with Crippen LogP contribution in [0.1, 0.15) is 6.92 Å². The van der Waals surface area contributed by atoms with Gasteiger partial charge >= 0.3 is 0 Å². The molecule has 0 unspecified atom stereocenters. The Balaban J connectivity index is 2.18. The summed E-state index contributed by atoms with van der Waals surface area (Å²) in [6.07, 6.45) is 0. The maximum Gasteiger partial charge on any atom is 0.193 e. The van der Waals surface area contributed by atoms with Crippen molar-refractivity contribution in [1.29, 1.82) is 0 Å². The molecule has 0 fully saturated rings. The molecule has 4 nitrogen and oxygen atoms in total.